The van der Waals surface area contributed by atoms with Gasteiger partial charge in [-0.2, -0.15) is 0 Å². The van der Waals surface area contributed by atoms with Crippen molar-refractivity contribution in [3.8, 4) is 0 Å². The van der Waals surface area contributed by atoms with Gasteiger partial charge in [-0.15, -0.1) is 0 Å². The Morgan fingerprint density at radius 2 is 1.64 bits per heavy atom. The van der Waals surface area contributed by atoms with Crippen molar-refractivity contribution in [1.29, 1.82) is 0 Å². The molecule has 4 rings (SSSR count). The summed E-state index contributed by atoms with van der Waals surface area (Å²) in [5, 5.41) is 6.19. The molecular weight excluding hydrogens is 387 g/mol. The summed E-state index contributed by atoms with van der Waals surface area (Å²) in [6.07, 6.45) is 2.22. The molecule has 0 aliphatic carbocycles. The molecule has 0 atom stereocenters. The van der Waals surface area contributed by atoms with Crippen LogP contribution in [0, 0.1) is 6.92 Å². The van der Waals surface area contributed by atoms with Gasteiger partial charge in [0.1, 0.15) is 0 Å². The third-order valence-corrected chi connectivity index (χ3v) is 5.58. The van der Waals surface area contributed by atoms with Crippen LogP contribution in [0.4, 0.5) is 0 Å². The number of aryl methyl sites for hydroxylation is 1. The van der Waals surface area contributed by atoms with Gasteiger partial charge >= 0.3 is 0 Å². The predicted octanol–water partition coefficient (Wildman–Crippen LogP) is 6.59. The summed E-state index contributed by atoms with van der Waals surface area (Å²) in [6, 6.07) is 22.8. The number of hydrogen-bond donors (Lipinski definition) is 1. The van der Waals surface area contributed by atoms with E-state index in [2.05, 4.69) is 71.5 Å². The maximum absolute atomic E-state index is 6.39. The van der Waals surface area contributed by atoms with Crippen LogP contribution in [0.3, 0.4) is 0 Å². The van der Waals surface area contributed by atoms with Crippen molar-refractivity contribution < 1.29 is 0 Å². The minimum Gasteiger partial charge on any atom is -0.343 e. The third-order valence-electron chi connectivity index (χ3n) is 4.99. The highest BCUT2D eigenvalue weighted by Crippen LogP contribution is 2.26. The molecule has 4 aromatic rings. The van der Waals surface area contributed by atoms with E-state index in [0.29, 0.717) is 16.6 Å². The standard InChI is InChI=1S/C24H22Cl2N2/c1-17-6-8-18(9-7-17)13-27-14-20-16-28(24-5-3-2-4-22(20)24)15-19-10-11-21(25)12-23(19)26/h2-12,16,27H,13-15H2,1H3. The van der Waals surface area contributed by atoms with Crippen molar-refractivity contribution in [2.24, 2.45) is 0 Å². The number of para-hydroxylation sites is 1. The monoisotopic (exact) mass is 408 g/mol. The largest absolute Gasteiger partial charge is 0.343 e. The fraction of sp³-hybridized carbons (Fsp3) is 0.167. The minimum atomic E-state index is 0.659. The van der Waals surface area contributed by atoms with Crippen LogP contribution in [0.5, 0.6) is 0 Å². The van der Waals surface area contributed by atoms with Crippen molar-refractivity contribution in [1.82, 2.24) is 9.88 Å². The number of nitrogens with one attached hydrogen (secondary N) is 1. The van der Waals surface area contributed by atoms with E-state index >= 15 is 0 Å². The minimum absolute atomic E-state index is 0.659. The lowest BCUT2D eigenvalue weighted by atomic mass is 10.1. The van der Waals surface area contributed by atoms with Crippen molar-refractivity contribution in [2.75, 3.05) is 0 Å². The van der Waals surface area contributed by atoms with Crippen molar-refractivity contribution in [3.05, 3.63) is 105 Å². The van der Waals surface area contributed by atoms with Crippen molar-refractivity contribution >= 4 is 34.1 Å². The smallest absolute Gasteiger partial charge is 0.0491 e. The van der Waals surface area contributed by atoms with Crippen LogP contribution in [0.1, 0.15) is 22.3 Å². The average Bonchev–Trinajstić information content (AvgIpc) is 3.03. The summed E-state index contributed by atoms with van der Waals surface area (Å²) in [5.41, 5.74) is 6.13. The highest BCUT2D eigenvalue weighted by molar-refractivity contribution is 6.35. The molecular formula is C24H22Cl2N2. The first kappa shape index (κ1) is 19.1. The Kier molecular flexibility index (Phi) is 5.72. The highest BCUT2D eigenvalue weighted by Gasteiger charge is 2.10. The summed E-state index contributed by atoms with van der Waals surface area (Å²) in [6.45, 7) is 4.49. The van der Waals surface area contributed by atoms with E-state index in [4.69, 9.17) is 23.2 Å². The Morgan fingerprint density at radius 3 is 2.43 bits per heavy atom. The highest BCUT2D eigenvalue weighted by atomic mass is 35.5. The molecule has 0 aliphatic heterocycles. The van der Waals surface area contributed by atoms with Gasteiger partial charge in [-0.3, -0.25) is 0 Å². The molecule has 0 aliphatic rings. The van der Waals surface area contributed by atoms with Crippen molar-refractivity contribution in [2.45, 2.75) is 26.6 Å². The molecule has 0 saturated carbocycles. The SMILES string of the molecule is Cc1ccc(CNCc2cn(Cc3ccc(Cl)cc3Cl)c3ccccc23)cc1. The molecule has 0 spiro atoms. The topological polar surface area (TPSA) is 17.0 Å². The molecule has 0 fully saturated rings. The number of rotatable bonds is 6. The molecule has 0 bridgehead atoms. The first-order valence-corrected chi connectivity index (χ1v) is 10.1. The maximum Gasteiger partial charge on any atom is 0.0491 e. The molecule has 1 heterocycles. The van der Waals surface area contributed by atoms with Crippen LogP contribution in [0.2, 0.25) is 10.0 Å². The molecule has 3 aromatic carbocycles. The number of nitrogens with zero attached hydrogens (tertiary/aromatic N) is 1. The summed E-state index contributed by atoms with van der Waals surface area (Å²) >= 11 is 12.4. The van der Waals surface area contributed by atoms with Crippen molar-refractivity contribution in [3.63, 3.8) is 0 Å². The second-order valence-electron chi connectivity index (χ2n) is 7.12. The molecule has 4 heteroatoms. The average molecular weight is 409 g/mol. The maximum atomic E-state index is 6.39. The molecule has 1 N–H and O–H groups in total. The third kappa shape index (κ3) is 4.25. The van der Waals surface area contributed by atoms with Gasteiger partial charge in [-0.1, -0.05) is 77.3 Å². The molecule has 142 valence electrons. The fourth-order valence-corrected chi connectivity index (χ4v) is 3.94. The zero-order chi connectivity index (χ0) is 19.5. The molecule has 0 amide bonds. The van der Waals surface area contributed by atoms with Gasteiger partial charge in [0.15, 0.2) is 0 Å². The number of halogens is 2. The zero-order valence-corrected chi connectivity index (χ0v) is 17.3. The Bertz CT molecular complexity index is 1100. The molecule has 0 radical (unpaired) electrons. The molecule has 0 saturated heterocycles. The second-order valence-corrected chi connectivity index (χ2v) is 7.97. The number of benzene rings is 3. The van der Waals surface area contributed by atoms with E-state index in [1.807, 2.05) is 12.1 Å². The van der Waals surface area contributed by atoms with E-state index in [9.17, 15) is 0 Å². The van der Waals surface area contributed by atoms with Gasteiger partial charge in [-0.25, -0.2) is 0 Å². The molecule has 0 unspecified atom stereocenters. The predicted molar refractivity (Wildman–Crippen MR) is 119 cm³/mol. The van der Waals surface area contributed by atoms with Gasteiger partial charge < -0.3 is 9.88 Å². The summed E-state index contributed by atoms with van der Waals surface area (Å²) < 4.78 is 2.26. The lowest BCUT2D eigenvalue weighted by Gasteiger charge is -2.08. The summed E-state index contributed by atoms with van der Waals surface area (Å²) in [4.78, 5) is 0. The first-order valence-electron chi connectivity index (χ1n) is 9.37. The summed E-state index contributed by atoms with van der Waals surface area (Å²) in [7, 11) is 0. The van der Waals surface area contributed by atoms with Gasteiger partial charge in [-0.05, 0) is 41.8 Å². The van der Waals surface area contributed by atoms with Crippen LogP contribution in [0.15, 0.2) is 72.9 Å². The van der Waals surface area contributed by atoms with Gasteiger partial charge in [0.25, 0.3) is 0 Å². The fourth-order valence-electron chi connectivity index (χ4n) is 3.48. The molecule has 2 nitrogen and oxygen atoms in total. The number of hydrogen-bond acceptors (Lipinski definition) is 1. The normalized spacial score (nSPS) is 11.2. The van der Waals surface area contributed by atoms with Gasteiger partial charge in [0.2, 0.25) is 0 Å². The van der Waals surface area contributed by atoms with Crippen LogP contribution >= 0.6 is 23.2 Å². The van der Waals surface area contributed by atoms with E-state index in [1.165, 1.54) is 27.6 Å². The lowest BCUT2D eigenvalue weighted by Crippen LogP contribution is -2.12. The lowest BCUT2D eigenvalue weighted by molar-refractivity contribution is 0.692. The number of fused-ring (bicyclic) bond motifs is 1. The zero-order valence-electron chi connectivity index (χ0n) is 15.8. The second kappa shape index (κ2) is 8.40. The van der Waals surface area contributed by atoms with Gasteiger partial charge in [0.05, 0.1) is 0 Å². The van der Waals surface area contributed by atoms with Gasteiger partial charge in [0, 0.05) is 46.8 Å². The Labute approximate surface area is 175 Å². The first-order chi connectivity index (χ1) is 13.6. The Balaban J connectivity index is 1.55. The summed E-state index contributed by atoms with van der Waals surface area (Å²) in [5.74, 6) is 0. The van der Waals surface area contributed by atoms with E-state index in [0.717, 1.165) is 18.7 Å². The Morgan fingerprint density at radius 1 is 0.857 bits per heavy atom. The van der Waals surface area contributed by atoms with Crippen LogP contribution in [0.25, 0.3) is 10.9 Å². The quantitative estimate of drug-likeness (QED) is 0.380. The van der Waals surface area contributed by atoms with Crippen LogP contribution < -0.4 is 5.32 Å². The Hall–Kier alpha value is -2.26. The van der Waals surface area contributed by atoms with Crippen LogP contribution in [-0.4, -0.2) is 4.57 Å². The van der Waals surface area contributed by atoms with E-state index in [1.54, 1.807) is 6.07 Å². The molecule has 28 heavy (non-hydrogen) atoms. The molecule has 1 aromatic heterocycles. The number of aromatic nitrogens is 1. The van der Waals surface area contributed by atoms with E-state index < -0.39 is 0 Å². The van der Waals surface area contributed by atoms with Crippen LogP contribution in [-0.2, 0) is 19.6 Å². The van der Waals surface area contributed by atoms with E-state index in [-0.39, 0.29) is 0 Å².